The minimum Gasteiger partial charge on any atom is -0.497 e. The van der Waals surface area contributed by atoms with E-state index in [0.29, 0.717) is 11.3 Å². The van der Waals surface area contributed by atoms with Crippen LogP contribution in [0.3, 0.4) is 0 Å². The fourth-order valence-electron chi connectivity index (χ4n) is 2.29. The molecule has 25 heavy (non-hydrogen) atoms. The van der Waals surface area contributed by atoms with Gasteiger partial charge in [-0.1, -0.05) is 18.2 Å². The highest BCUT2D eigenvalue weighted by Crippen LogP contribution is 2.33. The molecular weight excluding hydrogens is 335 g/mol. The van der Waals surface area contributed by atoms with Crippen LogP contribution in [0.1, 0.15) is 16.7 Å². The molecule has 0 bridgehead atoms. The molecule has 0 fully saturated rings. The van der Waals surface area contributed by atoms with E-state index in [4.69, 9.17) is 9.47 Å². The number of hydrogen-bond donors (Lipinski definition) is 0. The van der Waals surface area contributed by atoms with E-state index >= 15 is 0 Å². The van der Waals surface area contributed by atoms with Crippen molar-refractivity contribution in [1.82, 2.24) is 0 Å². The Bertz CT molecular complexity index is 868. The van der Waals surface area contributed by atoms with Crippen molar-refractivity contribution in [2.45, 2.75) is 6.18 Å². The van der Waals surface area contributed by atoms with Crippen molar-refractivity contribution in [3.05, 3.63) is 70.9 Å². The minimum absolute atomic E-state index is 0.0309. The molecule has 3 rings (SSSR count). The van der Waals surface area contributed by atoms with Gasteiger partial charge >= 0.3 is 12.1 Å². The van der Waals surface area contributed by atoms with Crippen LogP contribution in [0.2, 0.25) is 0 Å². The topological polar surface area (TPSA) is 47.9 Å². The third-order valence-corrected chi connectivity index (χ3v) is 3.52. The first-order chi connectivity index (χ1) is 11.9. The van der Waals surface area contributed by atoms with Crippen molar-refractivity contribution in [2.75, 3.05) is 7.11 Å². The summed E-state index contributed by atoms with van der Waals surface area (Å²) < 4.78 is 49.2. The summed E-state index contributed by atoms with van der Waals surface area (Å²) >= 11 is 0. The molecule has 0 unspecified atom stereocenters. The van der Waals surface area contributed by atoms with Gasteiger partial charge in [0, 0.05) is 5.56 Å². The number of nitrogens with zero attached hydrogens (tertiary/aromatic N) is 1. The van der Waals surface area contributed by atoms with Gasteiger partial charge in [-0.25, -0.2) is 9.79 Å². The molecule has 0 spiro atoms. The van der Waals surface area contributed by atoms with Crippen LogP contribution in [0, 0.1) is 0 Å². The van der Waals surface area contributed by atoms with E-state index in [1.54, 1.807) is 24.3 Å². The average molecular weight is 347 g/mol. The highest BCUT2D eigenvalue weighted by Gasteiger charge is 2.33. The van der Waals surface area contributed by atoms with Gasteiger partial charge < -0.3 is 9.47 Å². The first-order valence-electron chi connectivity index (χ1n) is 7.21. The molecule has 0 amide bonds. The number of benzene rings is 2. The first kappa shape index (κ1) is 16.8. The molecule has 7 heteroatoms. The zero-order valence-corrected chi connectivity index (χ0v) is 13.0. The maximum Gasteiger partial charge on any atom is 0.416 e. The van der Waals surface area contributed by atoms with Gasteiger partial charge in [0.05, 0.1) is 12.7 Å². The lowest BCUT2D eigenvalue weighted by atomic mass is 10.1. The summed E-state index contributed by atoms with van der Waals surface area (Å²) in [6.07, 6.45) is -3.46. The van der Waals surface area contributed by atoms with Crippen molar-refractivity contribution >= 4 is 17.9 Å². The fourth-order valence-corrected chi connectivity index (χ4v) is 2.29. The van der Waals surface area contributed by atoms with Crippen LogP contribution in [0.15, 0.2) is 59.2 Å². The van der Waals surface area contributed by atoms with Gasteiger partial charge in [0.2, 0.25) is 5.90 Å². The smallest absolute Gasteiger partial charge is 0.416 e. The number of methoxy groups -OCH3 is 1. The summed E-state index contributed by atoms with van der Waals surface area (Å²) in [6.45, 7) is 0. The molecule has 0 N–H and O–H groups in total. The normalized spacial score (nSPS) is 15.9. The van der Waals surface area contributed by atoms with E-state index in [1.165, 1.54) is 25.3 Å². The SMILES string of the molecule is COc1ccc(C2=N/C(=C/c3ccccc3C(F)(F)F)C(=O)O2)cc1. The van der Waals surface area contributed by atoms with Gasteiger partial charge in [-0.2, -0.15) is 13.2 Å². The first-order valence-corrected chi connectivity index (χ1v) is 7.21. The van der Waals surface area contributed by atoms with Crippen LogP contribution in [-0.4, -0.2) is 19.0 Å². The molecule has 1 aliphatic heterocycles. The number of carbonyl (C=O) groups is 1. The Hall–Kier alpha value is -3.09. The summed E-state index contributed by atoms with van der Waals surface area (Å²) in [5, 5.41) is 0. The van der Waals surface area contributed by atoms with Crippen molar-refractivity contribution in [1.29, 1.82) is 0 Å². The summed E-state index contributed by atoms with van der Waals surface area (Å²) in [5.41, 5.74) is -0.672. The second-order valence-corrected chi connectivity index (χ2v) is 5.15. The molecule has 2 aromatic rings. The van der Waals surface area contributed by atoms with Crippen LogP contribution in [0.4, 0.5) is 13.2 Å². The molecule has 0 atom stereocenters. The number of hydrogen-bond acceptors (Lipinski definition) is 4. The van der Waals surface area contributed by atoms with E-state index in [-0.39, 0.29) is 17.2 Å². The summed E-state index contributed by atoms with van der Waals surface area (Å²) in [5.74, 6) is -0.158. The van der Waals surface area contributed by atoms with Crippen molar-refractivity contribution in [3.8, 4) is 5.75 Å². The molecule has 0 saturated carbocycles. The molecule has 1 aliphatic rings. The number of alkyl halides is 3. The second kappa shape index (κ2) is 6.43. The van der Waals surface area contributed by atoms with Crippen LogP contribution in [-0.2, 0) is 15.7 Å². The Morgan fingerprint density at radius 1 is 1.08 bits per heavy atom. The Morgan fingerprint density at radius 3 is 2.40 bits per heavy atom. The molecule has 4 nitrogen and oxygen atoms in total. The molecule has 0 aromatic heterocycles. The van der Waals surface area contributed by atoms with Crippen molar-refractivity contribution in [2.24, 2.45) is 4.99 Å². The van der Waals surface area contributed by atoms with Crippen LogP contribution in [0.25, 0.3) is 6.08 Å². The number of ether oxygens (including phenoxy) is 2. The average Bonchev–Trinajstić information content (AvgIpc) is 2.95. The molecule has 128 valence electrons. The summed E-state index contributed by atoms with van der Waals surface area (Å²) in [6, 6.07) is 11.5. The fraction of sp³-hybridized carbons (Fsp3) is 0.111. The van der Waals surface area contributed by atoms with Crippen LogP contribution >= 0.6 is 0 Å². The quantitative estimate of drug-likeness (QED) is 0.621. The number of cyclic esters (lactones) is 1. The molecule has 0 radical (unpaired) electrons. The second-order valence-electron chi connectivity index (χ2n) is 5.15. The lowest BCUT2D eigenvalue weighted by Crippen LogP contribution is -2.08. The predicted molar refractivity (Wildman–Crippen MR) is 85.0 cm³/mol. The highest BCUT2D eigenvalue weighted by atomic mass is 19.4. The molecule has 2 aromatic carbocycles. The lowest BCUT2D eigenvalue weighted by molar-refractivity contribution is -0.137. The van der Waals surface area contributed by atoms with E-state index in [0.717, 1.165) is 12.1 Å². The maximum absolute atomic E-state index is 13.0. The molecule has 0 aliphatic carbocycles. The number of aliphatic imine (C=N–C) groups is 1. The van der Waals surface area contributed by atoms with Gasteiger partial charge in [-0.05, 0) is 42.0 Å². The third kappa shape index (κ3) is 3.55. The van der Waals surface area contributed by atoms with Crippen molar-refractivity contribution < 1.29 is 27.4 Å². The predicted octanol–water partition coefficient (Wildman–Crippen LogP) is 4.06. The molecule has 0 saturated heterocycles. The lowest BCUT2D eigenvalue weighted by Gasteiger charge is -2.09. The molecule has 1 heterocycles. The van der Waals surface area contributed by atoms with E-state index in [9.17, 15) is 18.0 Å². The van der Waals surface area contributed by atoms with Crippen molar-refractivity contribution in [3.63, 3.8) is 0 Å². The maximum atomic E-state index is 13.0. The van der Waals surface area contributed by atoms with Crippen LogP contribution in [0.5, 0.6) is 5.75 Å². The zero-order chi connectivity index (χ0) is 18.0. The van der Waals surface area contributed by atoms with Gasteiger partial charge in [-0.15, -0.1) is 0 Å². The van der Waals surface area contributed by atoms with E-state index in [1.807, 2.05) is 0 Å². The van der Waals surface area contributed by atoms with Gasteiger partial charge in [-0.3, -0.25) is 0 Å². The highest BCUT2D eigenvalue weighted by molar-refractivity contribution is 6.12. The van der Waals surface area contributed by atoms with Gasteiger partial charge in [0.1, 0.15) is 5.75 Å². The number of esters is 1. The van der Waals surface area contributed by atoms with E-state index < -0.39 is 17.7 Å². The molecular formula is C18H12F3NO3. The number of carbonyl (C=O) groups excluding carboxylic acids is 1. The summed E-state index contributed by atoms with van der Waals surface area (Å²) in [7, 11) is 1.51. The Labute approximate surface area is 141 Å². The monoisotopic (exact) mass is 347 g/mol. The number of halogens is 3. The number of rotatable bonds is 3. The Balaban J connectivity index is 1.96. The zero-order valence-electron chi connectivity index (χ0n) is 13.0. The Kier molecular flexibility index (Phi) is 4.31. The third-order valence-electron chi connectivity index (χ3n) is 3.52. The van der Waals surface area contributed by atoms with E-state index in [2.05, 4.69) is 4.99 Å². The standard InChI is InChI=1S/C18H12F3NO3/c1-24-13-8-6-11(7-9-13)16-22-15(17(23)25-16)10-12-4-2-3-5-14(12)18(19,20)21/h2-10H,1H3/b15-10+. The summed E-state index contributed by atoms with van der Waals surface area (Å²) in [4.78, 5) is 15.9. The van der Waals surface area contributed by atoms with Gasteiger partial charge in [0.15, 0.2) is 5.70 Å². The largest absolute Gasteiger partial charge is 0.497 e. The Morgan fingerprint density at radius 2 is 1.76 bits per heavy atom. The minimum atomic E-state index is -4.53. The van der Waals surface area contributed by atoms with Crippen LogP contribution < -0.4 is 4.74 Å². The van der Waals surface area contributed by atoms with Gasteiger partial charge in [0.25, 0.3) is 0 Å².